The molecule has 12 nitrogen and oxygen atoms in total. The van der Waals surface area contributed by atoms with Gasteiger partial charge in [0.15, 0.2) is 11.6 Å². The number of aromatic nitrogens is 6. The molecule has 234 valence electrons. The molecule has 0 spiro atoms. The number of amides is 1. The third-order valence-corrected chi connectivity index (χ3v) is 7.62. The van der Waals surface area contributed by atoms with Crippen LogP contribution in [0.4, 0.5) is 28.2 Å². The Kier molecular flexibility index (Phi) is 7.65. The number of hydrogen-bond donors (Lipinski definition) is 2. The third-order valence-electron chi connectivity index (χ3n) is 7.62. The van der Waals surface area contributed by atoms with Crippen LogP contribution in [0.15, 0.2) is 36.9 Å². The Morgan fingerprint density at radius 3 is 2.66 bits per heavy atom. The summed E-state index contributed by atoms with van der Waals surface area (Å²) >= 11 is 0. The van der Waals surface area contributed by atoms with Crippen LogP contribution in [0.1, 0.15) is 51.1 Å². The molecular formula is C28H29F4N7O5. The van der Waals surface area contributed by atoms with Gasteiger partial charge in [-0.05, 0) is 45.6 Å². The molecule has 0 bridgehead atoms. The second-order valence-electron chi connectivity index (χ2n) is 11.2. The Morgan fingerprint density at radius 2 is 1.98 bits per heavy atom. The number of ether oxygens (including phenoxy) is 3. The van der Waals surface area contributed by atoms with Crippen molar-refractivity contribution in [2.45, 2.75) is 76.3 Å². The molecule has 6 rings (SSSR count). The van der Waals surface area contributed by atoms with E-state index in [-0.39, 0.29) is 18.0 Å². The van der Waals surface area contributed by atoms with Gasteiger partial charge >= 0.3 is 12.3 Å². The molecule has 44 heavy (non-hydrogen) atoms. The van der Waals surface area contributed by atoms with Crippen LogP contribution in [0.3, 0.4) is 0 Å². The van der Waals surface area contributed by atoms with Crippen molar-refractivity contribution in [3.63, 3.8) is 0 Å². The lowest BCUT2D eigenvalue weighted by molar-refractivity contribution is -0.140. The maximum absolute atomic E-state index is 14.5. The molecule has 0 radical (unpaired) electrons. The number of alkyl halides is 3. The molecule has 1 atom stereocenters. The second kappa shape index (κ2) is 11.3. The van der Waals surface area contributed by atoms with Crippen LogP contribution in [0.2, 0.25) is 0 Å². The maximum atomic E-state index is 14.5. The highest BCUT2D eigenvalue weighted by Gasteiger charge is 2.37. The van der Waals surface area contributed by atoms with Gasteiger partial charge in [-0.25, -0.2) is 19.2 Å². The smallest absolute Gasteiger partial charge is 0.419 e. The summed E-state index contributed by atoms with van der Waals surface area (Å²) in [4.78, 5) is 19.2. The minimum atomic E-state index is -4.86. The van der Waals surface area contributed by atoms with Gasteiger partial charge in [0.25, 0.3) is 5.88 Å². The van der Waals surface area contributed by atoms with Gasteiger partial charge in [-0.3, -0.25) is 14.7 Å². The Hall–Kier alpha value is -4.31. The summed E-state index contributed by atoms with van der Waals surface area (Å²) in [7, 11) is 0. The van der Waals surface area contributed by atoms with Crippen molar-refractivity contribution < 1.29 is 41.7 Å². The molecule has 0 unspecified atom stereocenters. The van der Waals surface area contributed by atoms with Gasteiger partial charge in [0.1, 0.15) is 23.7 Å². The first-order chi connectivity index (χ1) is 20.9. The monoisotopic (exact) mass is 619 g/mol. The lowest BCUT2D eigenvalue weighted by Crippen LogP contribution is -2.27. The van der Waals surface area contributed by atoms with E-state index in [4.69, 9.17) is 19.3 Å². The van der Waals surface area contributed by atoms with E-state index in [0.29, 0.717) is 61.5 Å². The van der Waals surface area contributed by atoms with Crippen LogP contribution >= 0.6 is 0 Å². The lowest BCUT2D eigenvalue weighted by Gasteiger charge is -2.29. The normalized spacial score (nSPS) is 21.9. The zero-order chi connectivity index (χ0) is 31.2. The highest BCUT2D eigenvalue weighted by molar-refractivity contribution is 5.95. The first-order valence-electron chi connectivity index (χ1n) is 14.0. The molecule has 4 aromatic heterocycles. The van der Waals surface area contributed by atoms with Crippen molar-refractivity contribution in [3.05, 3.63) is 48.3 Å². The number of pyridine rings is 2. The number of carboxylic acid groups (broad SMARTS) is 1. The summed E-state index contributed by atoms with van der Waals surface area (Å²) < 4.78 is 74.5. The van der Waals surface area contributed by atoms with Gasteiger partial charge < -0.3 is 19.3 Å². The van der Waals surface area contributed by atoms with Crippen molar-refractivity contribution in [1.82, 2.24) is 29.5 Å². The Balaban J connectivity index is 1.23. The highest BCUT2D eigenvalue weighted by atomic mass is 19.4. The van der Waals surface area contributed by atoms with Crippen molar-refractivity contribution in [3.8, 4) is 17.1 Å². The third kappa shape index (κ3) is 6.17. The predicted molar refractivity (Wildman–Crippen MR) is 146 cm³/mol. The molecule has 1 saturated heterocycles. The first kappa shape index (κ1) is 29.7. The van der Waals surface area contributed by atoms with E-state index < -0.39 is 41.4 Å². The number of rotatable bonds is 7. The van der Waals surface area contributed by atoms with Crippen molar-refractivity contribution in [2.75, 3.05) is 11.9 Å². The fraction of sp³-hybridized carbons (Fsp3) is 0.464. The van der Waals surface area contributed by atoms with E-state index in [9.17, 15) is 27.5 Å². The number of fused-ring (bicyclic) bond motifs is 1. The summed E-state index contributed by atoms with van der Waals surface area (Å²) in [6.45, 7) is 4.60. The second-order valence-corrected chi connectivity index (χ2v) is 11.2. The zero-order valence-electron chi connectivity index (χ0n) is 23.7. The molecule has 1 aliphatic heterocycles. The molecule has 4 aromatic rings. The van der Waals surface area contributed by atoms with Gasteiger partial charge in [0, 0.05) is 35.6 Å². The highest BCUT2D eigenvalue weighted by Crippen LogP contribution is 2.38. The minimum Gasteiger partial charge on any atom is -0.472 e. The van der Waals surface area contributed by atoms with Crippen LogP contribution in [0, 0.1) is 5.82 Å². The SMILES string of the molecule is CC1(C)OC[C@H](Cn2cc(-c3nn(C4CCC(Oc5nccc(C(F)(F)F)c5F)CC4)c4cc(NC(=O)O)ncc34)cn2)O1. The Morgan fingerprint density at radius 1 is 1.20 bits per heavy atom. The van der Waals surface area contributed by atoms with E-state index >= 15 is 0 Å². The van der Waals surface area contributed by atoms with E-state index in [1.165, 1.54) is 0 Å². The average Bonchev–Trinajstić information content (AvgIpc) is 3.66. The molecule has 1 amide bonds. The van der Waals surface area contributed by atoms with E-state index in [1.54, 1.807) is 27.8 Å². The minimum absolute atomic E-state index is 0.123. The van der Waals surface area contributed by atoms with Crippen LogP contribution in [0.25, 0.3) is 22.2 Å². The summed E-state index contributed by atoms with van der Waals surface area (Å²) in [5.74, 6) is -2.75. The number of hydrogen-bond acceptors (Lipinski definition) is 8. The number of halogens is 4. The van der Waals surface area contributed by atoms with Crippen molar-refractivity contribution >= 4 is 22.8 Å². The number of nitrogens with one attached hydrogen (secondary N) is 1. The standard InChI is InChI=1S/C28H29F4N7O5/c1-27(2)42-14-18(44-27)13-38-12-15(10-35-38)24-19-11-34-22(36-26(40)41)9-21(19)39(37-24)16-3-5-17(6-4-16)43-25-23(29)20(7-8-33-25)28(30,31)32/h7-12,16-18H,3-6,13-14H2,1-2H3,(H,34,36)(H,40,41)/t16?,17?,18-/m0/s1. The van der Waals surface area contributed by atoms with Gasteiger partial charge in [-0.2, -0.15) is 23.4 Å². The molecule has 0 aromatic carbocycles. The van der Waals surface area contributed by atoms with E-state index in [1.807, 2.05) is 20.0 Å². The van der Waals surface area contributed by atoms with E-state index in [2.05, 4.69) is 20.4 Å². The summed E-state index contributed by atoms with van der Waals surface area (Å²) in [5.41, 5.74) is 0.520. The largest absolute Gasteiger partial charge is 0.472 e. The molecular weight excluding hydrogens is 590 g/mol. The van der Waals surface area contributed by atoms with Gasteiger partial charge in [-0.15, -0.1) is 0 Å². The molecule has 2 aliphatic rings. The lowest BCUT2D eigenvalue weighted by atomic mass is 9.93. The number of anilines is 1. The zero-order valence-corrected chi connectivity index (χ0v) is 23.7. The van der Waals surface area contributed by atoms with Crippen LogP contribution < -0.4 is 10.1 Å². The predicted octanol–water partition coefficient (Wildman–Crippen LogP) is 5.65. The van der Waals surface area contributed by atoms with Gasteiger partial charge in [-0.1, -0.05) is 0 Å². The Bertz CT molecular complexity index is 1680. The maximum Gasteiger partial charge on any atom is 0.419 e. The molecule has 16 heteroatoms. The van der Waals surface area contributed by atoms with Gasteiger partial charge in [0.05, 0.1) is 36.5 Å². The Labute approximate surface area is 247 Å². The topological polar surface area (TPSA) is 138 Å². The molecule has 2 N–H and O–H groups in total. The number of nitrogens with zero attached hydrogens (tertiary/aromatic N) is 6. The fourth-order valence-electron chi connectivity index (χ4n) is 5.64. The van der Waals surface area contributed by atoms with Crippen LogP contribution in [0.5, 0.6) is 5.88 Å². The van der Waals surface area contributed by atoms with Gasteiger partial charge in [0.2, 0.25) is 0 Å². The summed E-state index contributed by atoms with van der Waals surface area (Å²) in [6, 6.07) is 2.01. The average molecular weight is 620 g/mol. The molecule has 1 aliphatic carbocycles. The first-order valence-corrected chi connectivity index (χ1v) is 14.0. The van der Waals surface area contributed by atoms with Crippen LogP contribution in [-0.4, -0.2) is 65.3 Å². The number of carbonyl (C=O) groups is 1. The summed E-state index contributed by atoms with van der Waals surface area (Å²) in [5, 5.41) is 21.5. The van der Waals surface area contributed by atoms with Crippen molar-refractivity contribution in [2.24, 2.45) is 0 Å². The molecule has 5 heterocycles. The molecule has 1 saturated carbocycles. The van der Waals surface area contributed by atoms with Crippen molar-refractivity contribution in [1.29, 1.82) is 0 Å². The van der Waals surface area contributed by atoms with Crippen LogP contribution in [-0.2, 0) is 22.2 Å². The van der Waals surface area contributed by atoms with E-state index in [0.717, 1.165) is 11.8 Å². The molecule has 2 fully saturated rings. The quantitative estimate of drug-likeness (QED) is 0.251. The summed E-state index contributed by atoms with van der Waals surface area (Å²) in [6.07, 6.45) is 0.925. The fourth-order valence-corrected chi connectivity index (χ4v) is 5.64.